The molecule has 3 aromatic rings. The van der Waals surface area contributed by atoms with E-state index in [4.69, 9.17) is 10.2 Å². The molecule has 20 heavy (non-hydrogen) atoms. The van der Waals surface area contributed by atoms with Crippen molar-refractivity contribution in [3.8, 4) is 0 Å². The summed E-state index contributed by atoms with van der Waals surface area (Å²) in [7, 11) is 0. The zero-order chi connectivity index (χ0) is 13.7. The molecule has 0 saturated carbocycles. The zero-order valence-corrected chi connectivity index (χ0v) is 11.4. The van der Waals surface area contributed by atoms with Crippen LogP contribution < -0.4 is 10.6 Å². The predicted octanol–water partition coefficient (Wildman–Crippen LogP) is 2.87. The molecule has 0 bridgehead atoms. The molecular weight excluding hydrogens is 252 g/mol. The van der Waals surface area contributed by atoms with Crippen molar-refractivity contribution in [3.05, 3.63) is 23.8 Å². The lowest BCUT2D eigenvalue weighted by atomic mass is 10.2. The monoisotopic (exact) mass is 268 g/mol. The van der Waals surface area contributed by atoms with Crippen LogP contribution in [0.4, 0.5) is 11.8 Å². The Balaban J connectivity index is 2.06. The van der Waals surface area contributed by atoms with Crippen LogP contribution in [0.2, 0.25) is 0 Å². The molecule has 1 aliphatic heterocycles. The molecule has 0 spiro atoms. The van der Waals surface area contributed by atoms with Crippen molar-refractivity contribution in [2.24, 2.45) is 0 Å². The third kappa shape index (κ3) is 1.62. The number of nitrogens with two attached hydrogens (primary N) is 1. The molecule has 4 rings (SSSR count). The van der Waals surface area contributed by atoms with E-state index in [0.29, 0.717) is 5.95 Å². The average Bonchev–Trinajstić information content (AvgIpc) is 3.05. The molecule has 2 aromatic heterocycles. The average molecular weight is 268 g/mol. The van der Waals surface area contributed by atoms with Crippen LogP contribution in [0.15, 0.2) is 22.6 Å². The molecule has 0 amide bonds. The number of rotatable bonds is 1. The van der Waals surface area contributed by atoms with E-state index in [9.17, 15) is 0 Å². The summed E-state index contributed by atoms with van der Waals surface area (Å²) in [6.07, 6.45) is 2.37. The number of nitrogen functional groups attached to an aromatic ring is 1. The minimum atomic E-state index is 0.309. The molecule has 5 nitrogen and oxygen atoms in total. The number of fused-ring (bicyclic) bond motifs is 3. The summed E-state index contributed by atoms with van der Waals surface area (Å²) in [5.74, 6) is 1.14. The van der Waals surface area contributed by atoms with Gasteiger partial charge in [-0.3, -0.25) is 0 Å². The van der Waals surface area contributed by atoms with Crippen molar-refractivity contribution in [2.75, 3.05) is 23.7 Å². The third-order valence-corrected chi connectivity index (χ3v) is 3.87. The van der Waals surface area contributed by atoms with Gasteiger partial charge in [0, 0.05) is 18.5 Å². The van der Waals surface area contributed by atoms with Crippen LogP contribution >= 0.6 is 0 Å². The Bertz CT molecular complexity index is 802. The Morgan fingerprint density at radius 3 is 2.80 bits per heavy atom. The second-order valence-electron chi connectivity index (χ2n) is 5.38. The fourth-order valence-corrected chi connectivity index (χ4v) is 2.90. The molecule has 0 radical (unpaired) electrons. The highest BCUT2D eigenvalue weighted by Gasteiger charge is 2.21. The van der Waals surface area contributed by atoms with Gasteiger partial charge in [-0.25, -0.2) is 4.98 Å². The summed E-state index contributed by atoms with van der Waals surface area (Å²) in [6, 6.07) is 6.11. The van der Waals surface area contributed by atoms with Crippen LogP contribution in [0.5, 0.6) is 0 Å². The van der Waals surface area contributed by atoms with Crippen molar-refractivity contribution >= 4 is 33.8 Å². The Morgan fingerprint density at radius 1 is 1.20 bits per heavy atom. The highest BCUT2D eigenvalue weighted by Crippen LogP contribution is 2.34. The lowest BCUT2D eigenvalue weighted by Crippen LogP contribution is -2.19. The van der Waals surface area contributed by atoms with Crippen molar-refractivity contribution in [3.63, 3.8) is 0 Å². The molecule has 0 aliphatic carbocycles. The van der Waals surface area contributed by atoms with E-state index < -0.39 is 0 Å². The van der Waals surface area contributed by atoms with Gasteiger partial charge < -0.3 is 15.1 Å². The molecule has 3 heterocycles. The first kappa shape index (κ1) is 11.5. The molecule has 1 saturated heterocycles. The van der Waals surface area contributed by atoms with Gasteiger partial charge in [0.2, 0.25) is 5.95 Å². The van der Waals surface area contributed by atoms with Crippen LogP contribution in [0.25, 0.3) is 22.1 Å². The van der Waals surface area contributed by atoms with E-state index in [0.717, 1.165) is 41.0 Å². The van der Waals surface area contributed by atoms with Crippen molar-refractivity contribution in [1.82, 2.24) is 9.97 Å². The van der Waals surface area contributed by atoms with Crippen molar-refractivity contribution < 1.29 is 4.42 Å². The van der Waals surface area contributed by atoms with Gasteiger partial charge in [0.15, 0.2) is 11.4 Å². The Labute approximate surface area is 116 Å². The Morgan fingerprint density at radius 2 is 2.00 bits per heavy atom. The van der Waals surface area contributed by atoms with Gasteiger partial charge in [0.1, 0.15) is 11.1 Å². The Hall–Kier alpha value is -2.30. The van der Waals surface area contributed by atoms with E-state index in [2.05, 4.69) is 27.9 Å². The van der Waals surface area contributed by atoms with Gasteiger partial charge in [-0.1, -0.05) is 11.6 Å². The van der Waals surface area contributed by atoms with E-state index >= 15 is 0 Å². The van der Waals surface area contributed by atoms with Crippen LogP contribution in [0.3, 0.4) is 0 Å². The summed E-state index contributed by atoms with van der Waals surface area (Å²) < 4.78 is 5.98. The molecule has 0 atom stereocenters. The number of furan rings is 1. The van der Waals surface area contributed by atoms with E-state index in [-0.39, 0.29) is 0 Å². The topological polar surface area (TPSA) is 68.2 Å². The maximum atomic E-state index is 5.98. The highest BCUT2D eigenvalue weighted by molar-refractivity contribution is 6.06. The van der Waals surface area contributed by atoms with Crippen molar-refractivity contribution in [1.29, 1.82) is 0 Å². The molecule has 0 unspecified atom stereocenters. The zero-order valence-electron chi connectivity index (χ0n) is 11.4. The third-order valence-electron chi connectivity index (χ3n) is 3.87. The van der Waals surface area contributed by atoms with Gasteiger partial charge in [-0.05, 0) is 31.9 Å². The molecule has 1 fully saturated rings. The number of nitrogens with zero attached hydrogens (tertiary/aromatic N) is 3. The minimum Gasteiger partial charge on any atom is -0.450 e. The number of anilines is 2. The van der Waals surface area contributed by atoms with Gasteiger partial charge in [-0.2, -0.15) is 4.98 Å². The van der Waals surface area contributed by atoms with E-state index in [1.165, 1.54) is 18.4 Å². The lowest BCUT2D eigenvalue weighted by Gasteiger charge is -2.16. The Kier molecular flexibility index (Phi) is 2.36. The molecule has 1 aromatic carbocycles. The second kappa shape index (κ2) is 4.10. The SMILES string of the molecule is Cc1ccc2oc3c(N4CCCC4)nc(N)nc3c2c1. The molecule has 102 valence electrons. The van der Waals surface area contributed by atoms with Crippen molar-refractivity contribution in [2.45, 2.75) is 19.8 Å². The molecular formula is C15H16N4O. The van der Waals surface area contributed by atoms with Crippen LogP contribution in [-0.4, -0.2) is 23.1 Å². The predicted molar refractivity (Wildman–Crippen MR) is 79.9 cm³/mol. The van der Waals surface area contributed by atoms with Gasteiger partial charge in [0.25, 0.3) is 0 Å². The number of hydrogen-bond donors (Lipinski definition) is 1. The first-order valence-corrected chi connectivity index (χ1v) is 6.94. The summed E-state index contributed by atoms with van der Waals surface area (Å²) >= 11 is 0. The van der Waals surface area contributed by atoms with Gasteiger partial charge >= 0.3 is 0 Å². The largest absolute Gasteiger partial charge is 0.450 e. The smallest absolute Gasteiger partial charge is 0.222 e. The van der Waals surface area contributed by atoms with Crippen LogP contribution in [0, 0.1) is 6.92 Å². The fraction of sp³-hybridized carbons (Fsp3) is 0.333. The summed E-state index contributed by atoms with van der Waals surface area (Å²) in [5.41, 5.74) is 9.48. The quantitative estimate of drug-likeness (QED) is 0.735. The van der Waals surface area contributed by atoms with E-state index in [1.807, 2.05) is 12.1 Å². The summed E-state index contributed by atoms with van der Waals surface area (Å²) in [5, 5.41) is 1.01. The standard InChI is InChI=1S/C15H16N4O/c1-9-4-5-11-10(8-9)12-13(20-11)14(18-15(16)17-12)19-6-2-3-7-19/h4-5,8H,2-3,6-7H2,1H3,(H2,16,17,18). The summed E-state index contributed by atoms with van der Waals surface area (Å²) in [4.78, 5) is 11.0. The molecule has 2 N–H and O–H groups in total. The highest BCUT2D eigenvalue weighted by atomic mass is 16.3. The minimum absolute atomic E-state index is 0.309. The van der Waals surface area contributed by atoms with Crippen LogP contribution in [-0.2, 0) is 0 Å². The lowest BCUT2D eigenvalue weighted by molar-refractivity contribution is 0.663. The first-order valence-electron chi connectivity index (χ1n) is 6.94. The maximum absolute atomic E-state index is 5.98. The van der Waals surface area contributed by atoms with Crippen LogP contribution in [0.1, 0.15) is 18.4 Å². The maximum Gasteiger partial charge on any atom is 0.222 e. The first-order chi connectivity index (χ1) is 9.72. The molecule has 1 aliphatic rings. The second-order valence-corrected chi connectivity index (χ2v) is 5.38. The normalized spacial score (nSPS) is 15.6. The van der Waals surface area contributed by atoms with Gasteiger partial charge in [0.05, 0.1) is 0 Å². The summed E-state index contributed by atoms with van der Waals surface area (Å²) in [6.45, 7) is 4.06. The number of benzene rings is 1. The van der Waals surface area contributed by atoms with E-state index in [1.54, 1.807) is 0 Å². The van der Waals surface area contributed by atoms with Gasteiger partial charge in [-0.15, -0.1) is 0 Å². The fourth-order valence-electron chi connectivity index (χ4n) is 2.90. The number of hydrogen-bond acceptors (Lipinski definition) is 5. The number of aromatic nitrogens is 2. The number of aryl methyl sites for hydroxylation is 1. The molecule has 5 heteroatoms.